The number of benzene rings is 1. The molecule has 0 bridgehead atoms. The van der Waals surface area contributed by atoms with Crippen LogP contribution in [0.4, 0.5) is 0 Å². The maximum atomic E-state index is 6.05. The Kier molecular flexibility index (Phi) is 4.25. The van der Waals surface area contributed by atoms with E-state index in [1.54, 1.807) is 25.1 Å². The molecule has 0 N–H and O–H groups in total. The third-order valence-corrected chi connectivity index (χ3v) is 2.39. The van der Waals surface area contributed by atoms with Gasteiger partial charge in [-0.2, -0.15) is 0 Å². The summed E-state index contributed by atoms with van der Waals surface area (Å²) in [7, 11) is 0. The molecule has 0 aliphatic heterocycles. The van der Waals surface area contributed by atoms with E-state index < -0.39 is 0 Å². The molecule has 0 fully saturated rings. The van der Waals surface area contributed by atoms with Gasteiger partial charge in [-0.05, 0) is 32.1 Å². The first kappa shape index (κ1) is 12.2. The van der Waals surface area contributed by atoms with E-state index in [0.29, 0.717) is 27.1 Å². The van der Waals surface area contributed by atoms with Gasteiger partial charge in [0.2, 0.25) is 0 Å². The number of allylic oxidation sites excluding steroid dienone is 2. The Morgan fingerprint density at radius 2 is 1.87 bits per heavy atom. The van der Waals surface area contributed by atoms with Crippen LogP contribution in [0.3, 0.4) is 0 Å². The molecule has 0 spiro atoms. The van der Waals surface area contributed by atoms with Crippen LogP contribution in [0.25, 0.3) is 5.76 Å². The summed E-state index contributed by atoms with van der Waals surface area (Å²) in [6.45, 7) is 7.31. The maximum Gasteiger partial charge on any atom is 0.132 e. The second-order valence-corrected chi connectivity index (χ2v) is 3.87. The van der Waals surface area contributed by atoms with Crippen molar-refractivity contribution in [2.75, 3.05) is 0 Å². The zero-order chi connectivity index (χ0) is 11.4. The van der Waals surface area contributed by atoms with Crippen molar-refractivity contribution in [1.29, 1.82) is 0 Å². The Balaban J connectivity index is 3.18. The van der Waals surface area contributed by atoms with Gasteiger partial charge in [0.05, 0.1) is 21.4 Å². The molecular weight excluding hydrogens is 231 g/mol. The van der Waals surface area contributed by atoms with Crippen LogP contribution < -0.4 is 0 Å². The van der Waals surface area contributed by atoms with Crippen molar-refractivity contribution < 1.29 is 4.74 Å². The van der Waals surface area contributed by atoms with Crippen LogP contribution in [0.5, 0.6) is 0 Å². The van der Waals surface area contributed by atoms with Gasteiger partial charge in [0.15, 0.2) is 0 Å². The van der Waals surface area contributed by atoms with Gasteiger partial charge in [0, 0.05) is 0 Å². The molecule has 1 nitrogen and oxygen atoms in total. The smallest absolute Gasteiger partial charge is 0.132 e. The van der Waals surface area contributed by atoms with Crippen molar-refractivity contribution in [3.63, 3.8) is 0 Å². The highest BCUT2D eigenvalue weighted by Crippen LogP contribution is 2.32. The minimum Gasteiger partial charge on any atom is -0.462 e. The lowest BCUT2D eigenvalue weighted by molar-refractivity contribution is 0.387. The molecule has 0 aliphatic carbocycles. The predicted octanol–water partition coefficient (Wildman–Crippen LogP) is 4.90. The van der Waals surface area contributed by atoms with E-state index in [-0.39, 0.29) is 0 Å². The number of ether oxygens (including phenoxy) is 1. The molecule has 1 aromatic carbocycles. The lowest BCUT2D eigenvalue weighted by atomic mass is 10.2. The lowest BCUT2D eigenvalue weighted by Crippen LogP contribution is -1.92. The third-order valence-electron chi connectivity index (χ3n) is 1.76. The van der Waals surface area contributed by atoms with Crippen LogP contribution in [0.15, 0.2) is 36.6 Å². The van der Waals surface area contributed by atoms with E-state index in [9.17, 15) is 0 Å². The molecule has 1 rings (SSSR count). The maximum absolute atomic E-state index is 6.05. The molecule has 0 radical (unpaired) electrons. The van der Waals surface area contributed by atoms with Crippen LogP contribution >= 0.6 is 23.2 Å². The van der Waals surface area contributed by atoms with Crippen LogP contribution in [0.1, 0.15) is 19.4 Å². The third kappa shape index (κ3) is 3.01. The van der Waals surface area contributed by atoms with Crippen molar-refractivity contribution in [2.24, 2.45) is 0 Å². The summed E-state index contributed by atoms with van der Waals surface area (Å²) in [5, 5.41) is 1.13. The van der Waals surface area contributed by atoms with E-state index >= 15 is 0 Å². The summed E-state index contributed by atoms with van der Waals surface area (Å²) < 4.78 is 5.44. The van der Waals surface area contributed by atoms with Gasteiger partial charge in [-0.25, -0.2) is 0 Å². The van der Waals surface area contributed by atoms with Crippen molar-refractivity contribution in [1.82, 2.24) is 0 Å². The quantitative estimate of drug-likeness (QED) is 0.685. The highest BCUT2D eigenvalue weighted by Gasteiger charge is 2.11. The molecule has 0 saturated carbocycles. The lowest BCUT2D eigenvalue weighted by Gasteiger charge is -2.12. The molecule has 0 amide bonds. The van der Waals surface area contributed by atoms with Crippen LogP contribution in [0.2, 0.25) is 10.0 Å². The molecule has 3 heteroatoms. The topological polar surface area (TPSA) is 9.23 Å². The second kappa shape index (κ2) is 5.24. The summed E-state index contributed by atoms with van der Waals surface area (Å²) in [6, 6.07) is 5.34. The van der Waals surface area contributed by atoms with Gasteiger partial charge in [-0.3, -0.25) is 0 Å². The normalized spacial score (nSPS) is 11.3. The Morgan fingerprint density at radius 3 is 2.27 bits per heavy atom. The minimum absolute atomic E-state index is 0.567. The standard InChI is InChI=1S/C12H12Cl2O/c1-4-11(15-8(2)3)12-9(13)6-5-7-10(12)14/h4-7H,2H2,1,3H3/b11-4-. The first-order valence-corrected chi connectivity index (χ1v) is 5.26. The van der Waals surface area contributed by atoms with Crippen LogP contribution in [-0.2, 0) is 4.74 Å². The molecule has 0 atom stereocenters. The zero-order valence-corrected chi connectivity index (χ0v) is 10.2. The van der Waals surface area contributed by atoms with Crippen molar-refractivity contribution >= 4 is 29.0 Å². The van der Waals surface area contributed by atoms with Crippen molar-refractivity contribution in [3.8, 4) is 0 Å². The van der Waals surface area contributed by atoms with Gasteiger partial charge in [0.1, 0.15) is 5.76 Å². The first-order chi connectivity index (χ1) is 7.06. The molecular formula is C12H12Cl2O. The van der Waals surface area contributed by atoms with E-state index in [1.807, 2.05) is 13.0 Å². The average molecular weight is 243 g/mol. The Labute approximate surface area is 100.0 Å². The van der Waals surface area contributed by atoms with Crippen LogP contribution in [-0.4, -0.2) is 0 Å². The largest absolute Gasteiger partial charge is 0.462 e. The summed E-state index contributed by atoms with van der Waals surface area (Å²) in [6.07, 6.45) is 1.81. The molecule has 0 heterocycles. The highest BCUT2D eigenvalue weighted by molar-refractivity contribution is 6.37. The van der Waals surface area contributed by atoms with Crippen LogP contribution in [0, 0.1) is 0 Å². The number of rotatable bonds is 3. The minimum atomic E-state index is 0.567. The van der Waals surface area contributed by atoms with E-state index in [0.717, 1.165) is 0 Å². The fourth-order valence-corrected chi connectivity index (χ4v) is 1.76. The summed E-state index contributed by atoms with van der Waals surface area (Å²) >= 11 is 12.1. The van der Waals surface area contributed by atoms with E-state index in [1.165, 1.54) is 0 Å². The number of hydrogen-bond donors (Lipinski definition) is 0. The van der Waals surface area contributed by atoms with Gasteiger partial charge >= 0.3 is 0 Å². The Hall–Kier alpha value is -0.920. The zero-order valence-electron chi connectivity index (χ0n) is 8.68. The SMILES string of the molecule is C=C(C)O/C(=C\C)c1c(Cl)cccc1Cl. The average Bonchev–Trinajstić information content (AvgIpc) is 2.15. The molecule has 0 unspecified atom stereocenters. The summed E-state index contributed by atoms with van der Waals surface area (Å²) in [5.41, 5.74) is 0.700. The van der Waals surface area contributed by atoms with Crippen molar-refractivity contribution in [2.45, 2.75) is 13.8 Å². The molecule has 1 aromatic rings. The number of halogens is 2. The van der Waals surface area contributed by atoms with E-state index in [4.69, 9.17) is 27.9 Å². The predicted molar refractivity (Wildman–Crippen MR) is 66.0 cm³/mol. The van der Waals surface area contributed by atoms with Gasteiger partial charge in [0.25, 0.3) is 0 Å². The Bertz CT molecular complexity index is 388. The van der Waals surface area contributed by atoms with E-state index in [2.05, 4.69) is 6.58 Å². The fourth-order valence-electron chi connectivity index (χ4n) is 1.18. The molecule has 0 saturated heterocycles. The Morgan fingerprint density at radius 1 is 1.33 bits per heavy atom. The number of hydrogen-bond acceptors (Lipinski definition) is 1. The molecule has 15 heavy (non-hydrogen) atoms. The fraction of sp³-hybridized carbons (Fsp3) is 0.167. The molecule has 80 valence electrons. The van der Waals surface area contributed by atoms with Gasteiger partial charge in [-0.1, -0.05) is 35.8 Å². The van der Waals surface area contributed by atoms with Crippen molar-refractivity contribution in [3.05, 3.63) is 52.2 Å². The highest BCUT2D eigenvalue weighted by atomic mass is 35.5. The van der Waals surface area contributed by atoms with Gasteiger partial charge < -0.3 is 4.74 Å². The molecule has 0 aromatic heterocycles. The van der Waals surface area contributed by atoms with Gasteiger partial charge in [-0.15, -0.1) is 0 Å². The first-order valence-electron chi connectivity index (χ1n) is 4.50. The second-order valence-electron chi connectivity index (χ2n) is 3.05. The monoisotopic (exact) mass is 242 g/mol. The molecule has 0 aliphatic rings. The summed E-state index contributed by atoms with van der Waals surface area (Å²) in [4.78, 5) is 0. The summed E-state index contributed by atoms with van der Waals surface area (Å²) in [5.74, 6) is 1.22.